The quantitative estimate of drug-likeness (QED) is 0.811. The van der Waals surface area contributed by atoms with Crippen molar-refractivity contribution in [3.8, 4) is 11.6 Å². The second-order valence-electron chi connectivity index (χ2n) is 3.79. The van der Waals surface area contributed by atoms with E-state index in [1.54, 1.807) is 0 Å². The lowest BCUT2D eigenvalue weighted by atomic mass is 10.3. The van der Waals surface area contributed by atoms with Crippen molar-refractivity contribution in [3.05, 3.63) is 54.0 Å². The van der Waals surface area contributed by atoms with Gasteiger partial charge in [0.1, 0.15) is 24.8 Å². The minimum atomic E-state index is -0.503. The summed E-state index contributed by atoms with van der Waals surface area (Å²) >= 11 is 0. The minimum absolute atomic E-state index is 0.223. The second kappa shape index (κ2) is 6.70. The van der Waals surface area contributed by atoms with E-state index in [9.17, 15) is 4.39 Å². The van der Waals surface area contributed by atoms with Crippen LogP contribution in [-0.4, -0.2) is 23.3 Å². The largest absolute Gasteiger partial charge is 0.490 e. The number of benzene rings is 1. The summed E-state index contributed by atoms with van der Waals surface area (Å²) in [7, 11) is 0. The number of aliphatic hydroxyl groups is 1. The van der Waals surface area contributed by atoms with Gasteiger partial charge in [0.25, 0.3) is 0 Å². The maximum Gasteiger partial charge on any atom is 0.219 e. The van der Waals surface area contributed by atoms with Crippen molar-refractivity contribution in [1.29, 1.82) is 0 Å². The lowest BCUT2D eigenvalue weighted by Crippen LogP contribution is -2.11. The van der Waals surface area contributed by atoms with Gasteiger partial charge in [-0.05, 0) is 18.2 Å². The molecule has 0 amide bonds. The van der Waals surface area contributed by atoms with E-state index < -0.39 is 5.82 Å². The smallest absolute Gasteiger partial charge is 0.219 e. The average Bonchev–Trinajstić information content (AvgIpc) is 2.46. The molecule has 5 heteroatoms. The van der Waals surface area contributed by atoms with Crippen LogP contribution in [-0.2, 0) is 6.61 Å². The van der Waals surface area contributed by atoms with Crippen LogP contribution in [0.1, 0.15) is 5.56 Å². The van der Waals surface area contributed by atoms with E-state index in [0.29, 0.717) is 12.2 Å². The molecule has 1 heterocycles. The molecule has 2 rings (SSSR count). The van der Waals surface area contributed by atoms with Crippen LogP contribution in [0, 0.1) is 5.82 Å². The van der Waals surface area contributed by atoms with Gasteiger partial charge in [-0.25, -0.2) is 9.37 Å². The van der Waals surface area contributed by atoms with Gasteiger partial charge in [-0.1, -0.05) is 18.2 Å². The molecule has 4 nitrogen and oxygen atoms in total. The summed E-state index contributed by atoms with van der Waals surface area (Å²) in [6.07, 6.45) is 1.05. The number of nitrogens with zero attached hydrogens (tertiary/aromatic N) is 1. The van der Waals surface area contributed by atoms with Gasteiger partial charge in [-0.3, -0.25) is 0 Å². The van der Waals surface area contributed by atoms with Crippen molar-refractivity contribution in [2.24, 2.45) is 0 Å². The zero-order valence-corrected chi connectivity index (χ0v) is 10.3. The van der Waals surface area contributed by atoms with E-state index in [1.165, 1.54) is 6.07 Å². The maximum atomic E-state index is 12.9. The van der Waals surface area contributed by atoms with Gasteiger partial charge in [0.2, 0.25) is 5.88 Å². The van der Waals surface area contributed by atoms with Gasteiger partial charge in [-0.2, -0.15) is 0 Å². The Kier molecular flexibility index (Phi) is 4.69. The average molecular weight is 263 g/mol. The first-order chi connectivity index (χ1) is 9.29. The molecule has 1 aromatic carbocycles. The van der Waals surface area contributed by atoms with Gasteiger partial charge < -0.3 is 14.6 Å². The zero-order chi connectivity index (χ0) is 13.5. The third-order valence-electron chi connectivity index (χ3n) is 2.40. The highest BCUT2D eigenvalue weighted by atomic mass is 19.1. The van der Waals surface area contributed by atoms with Gasteiger partial charge in [0, 0.05) is 5.56 Å². The summed E-state index contributed by atoms with van der Waals surface area (Å²) in [6, 6.07) is 10.5. The predicted octanol–water partition coefficient (Wildman–Crippen LogP) is 2.17. The molecule has 0 unspecified atom stereocenters. The normalized spacial score (nSPS) is 10.2. The van der Waals surface area contributed by atoms with Crippen molar-refractivity contribution in [1.82, 2.24) is 4.98 Å². The maximum absolute atomic E-state index is 12.9. The predicted molar refractivity (Wildman–Crippen MR) is 67.5 cm³/mol. The molecule has 0 aliphatic carbocycles. The molecular weight excluding hydrogens is 249 g/mol. The molecule has 0 saturated heterocycles. The van der Waals surface area contributed by atoms with Gasteiger partial charge >= 0.3 is 0 Å². The Morgan fingerprint density at radius 1 is 1.11 bits per heavy atom. The Labute approximate surface area is 110 Å². The lowest BCUT2D eigenvalue weighted by molar-refractivity contribution is 0.203. The van der Waals surface area contributed by atoms with Crippen LogP contribution >= 0.6 is 0 Å². The minimum Gasteiger partial charge on any atom is -0.490 e. The van der Waals surface area contributed by atoms with Crippen LogP contribution in [0.2, 0.25) is 0 Å². The first-order valence-electron chi connectivity index (χ1n) is 5.85. The number of halogens is 1. The van der Waals surface area contributed by atoms with Gasteiger partial charge in [0.15, 0.2) is 0 Å². The second-order valence-corrected chi connectivity index (χ2v) is 3.79. The number of aliphatic hydroxyl groups excluding tert-OH is 1. The monoisotopic (exact) mass is 263 g/mol. The van der Waals surface area contributed by atoms with E-state index in [0.717, 1.165) is 11.9 Å². The van der Waals surface area contributed by atoms with Crippen LogP contribution in [0.3, 0.4) is 0 Å². The lowest BCUT2D eigenvalue weighted by Gasteiger charge is -2.10. The van der Waals surface area contributed by atoms with Crippen LogP contribution < -0.4 is 9.47 Å². The molecule has 0 atom stereocenters. The van der Waals surface area contributed by atoms with Crippen molar-refractivity contribution < 1.29 is 19.0 Å². The zero-order valence-electron chi connectivity index (χ0n) is 10.3. The van der Waals surface area contributed by atoms with E-state index in [-0.39, 0.29) is 19.1 Å². The molecular formula is C14H14FNO3. The summed E-state index contributed by atoms with van der Waals surface area (Å²) in [5.74, 6) is 0.470. The van der Waals surface area contributed by atoms with Gasteiger partial charge in [-0.15, -0.1) is 0 Å². The Morgan fingerprint density at radius 2 is 1.84 bits per heavy atom. The van der Waals surface area contributed by atoms with E-state index in [4.69, 9.17) is 14.6 Å². The topological polar surface area (TPSA) is 51.6 Å². The van der Waals surface area contributed by atoms with Crippen molar-refractivity contribution in [2.45, 2.75) is 6.61 Å². The fraction of sp³-hybridized carbons (Fsp3) is 0.214. The Hall–Kier alpha value is -2.14. The molecule has 2 aromatic rings. The SMILES string of the molecule is OCc1cc(F)cnc1OCCOc1ccccc1. The summed E-state index contributed by atoms with van der Waals surface area (Å²) in [6.45, 7) is 0.286. The molecule has 0 spiro atoms. The van der Waals surface area contributed by atoms with Crippen molar-refractivity contribution in [2.75, 3.05) is 13.2 Å². The summed E-state index contributed by atoms with van der Waals surface area (Å²) in [4.78, 5) is 3.78. The van der Waals surface area contributed by atoms with Crippen LogP contribution in [0.25, 0.3) is 0 Å². The molecule has 1 aromatic heterocycles. The molecule has 100 valence electrons. The number of para-hydroxylation sites is 1. The van der Waals surface area contributed by atoms with E-state index >= 15 is 0 Å². The number of aromatic nitrogens is 1. The molecule has 0 bridgehead atoms. The molecule has 1 N–H and O–H groups in total. The number of hydrogen-bond acceptors (Lipinski definition) is 4. The molecule has 19 heavy (non-hydrogen) atoms. The highest BCUT2D eigenvalue weighted by Gasteiger charge is 2.06. The number of pyridine rings is 1. The summed E-state index contributed by atoms with van der Waals surface area (Å²) in [5.41, 5.74) is 0.319. The third kappa shape index (κ3) is 3.93. The number of ether oxygens (including phenoxy) is 2. The summed E-state index contributed by atoms with van der Waals surface area (Å²) < 4.78 is 23.7. The van der Waals surface area contributed by atoms with Gasteiger partial charge in [0.05, 0.1) is 12.8 Å². The van der Waals surface area contributed by atoms with E-state index in [1.807, 2.05) is 30.3 Å². The van der Waals surface area contributed by atoms with Crippen molar-refractivity contribution >= 4 is 0 Å². The van der Waals surface area contributed by atoms with Crippen LogP contribution in [0.15, 0.2) is 42.6 Å². The third-order valence-corrected chi connectivity index (χ3v) is 2.40. The Bertz CT molecular complexity index is 519. The van der Waals surface area contributed by atoms with E-state index in [2.05, 4.69) is 4.98 Å². The molecule has 0 radical (unpaired) electrons. The summed E-state index contributed by atoms with van der Waals surface area (Å²) in [5, 5.41) is 9.06. The first kappa shape index (κ1) is 13.3. The standard InChI is InChI=1S/C14H14FNO3/c15-12-8-11(10-17)14(16-9-12)19-7-6-18-13-4-2-1-3-5-13/h1-5,8-9,17H,6-7,10H2. The molecule has 0 aliphatic heterocycles. The number of hydrogen-bond donors (Lipinski definition) is 1. The molecule has 0 aliphatic rings. The van der Waals surface area contributed by atoms with Crippen molar-refractivity contribution in [3.63, 3.8) is 0 Å². The highest BCUT2D eigenvalue weighted by molar-refractivity contribution is 5.25. The van der Waals surface area contributed by atoms with Crippen LogP contribution in [0.5, 0.6) is 11.6 Å². The molecule has 0 saturated carbocycles. The highest BCUT2D eigenvalue weighted by Crippen LogP contribution is 2.16. The fourth-order valence-corrected chi connectivity index (χ4v) is 1.53. The van der Waals surface area contributed by atoms with Crippen LogP contribution in [0.4, 0.5) is 4.39 Å². The Morgan fingerprint density at radius 3 is 2.58 bits per heavy atom. The Balaban J connectivity index is 1.83. The first-order valence-corrected chi connectivity index (χ1v) is 5.85. The molecule has 0 fully saturated rings. The number of rotatable bonds is 6. The fourth-order valence-electron chi connectivity index (χ4n) is 1.53.